The number of nitrogens with one attached hydrogen (secondary N) is 3. The lowest BCUT2D eigenvalue weighted by Gasteiger charge is -2.10. The van der Waals surface area contributed by atoms with Crippen LogP contribution >= 0.6 is 0 Å². The number of carbonyl (C=O) groups excluding carboxylic acids is 2. The summed E-state index contributed by atoms with van der Waals surface area (Å²) in [4.78, 5) is 24.1. The molecule has 3 aromatic carbocycles. The molecule has 9 heteroatoms. The fourth-order valence-corrected chi connectivity index (χ4v) is 3.65. The molecule has 0 aromatic heterocycles. The Kier molecular flexibility index (Phi) is 6.43. The quantitative estimate of drug-likeness (QED) is 0.539. The van der Waals surface area contributed by atoms with Crippen LogP contribution in [0.15, 0.2) is 83.8 Å². The predicted octanol–water partition coefficient (Wildman–Crippen LogP) is 3.00. The zero-order valence-corrected chi connectivity index (χ0v) is 16.4. The van der Waals surface area contributed by atoms with Crippen LogP contribution in [0, 0.1) is 5.82 Å². The van der Waals surface area contributed by atoms with Crippen LogP contribution in [0.5, 0.6) is 0 Å². The van der Waals surface area contributed by atoms with Gasteiger partial charge in [0.2, 0.25) is 5.91 Å². The minimum absolute atomic E-state index is 0.0407. The average Bonchev–Trinajstić information content (AvgIpc) is 2.74. The molecule has 0 aliphatic heterocycles. The Morgan fingerprint density at radius 2 is 1.57 bits per heavy atom. The van der Waals surface area contributed by atoms with E-state index in [1.54, 1.807) is 30.3 Å². The van der Waals surface area contributed by atoms with Gasteiger partial charge in [0.1, 0.15) is 5.82 Å². The summed E-state index contributed by atoms with van der Waals surface area (Å²) >= 11 is 0. The molecule has 2 amide bonds. The number of rotatable bonds is 7. The monoisotopic (exact) mass is 427 g/mol. The van der Waals surface area contributed by atoms with Crippen LogP contribution in [0.4, 0.5) is 15.8 Å². The first-order valence-corrected chi connectivity index (χ1v) is 10.3. The number of sulfonamides is 1. The molecule has 0 saturated carbocycles. The fourth-order valence-electron chi connectivity index (χ4n) is 2.54. The lowest BCUT2D eigenvalue weighted by atomic mass is 10.2. The number of hydrogen-bond acceptors (Lipinski definition) is 4. The Morgan fingerprint density at radius 1 is 0.867 bits per heavy atom. The third kappa shape index (κ3) is 5.42. The molecule has 3 N–H and O–H groups in total. The predicted molar refractivity (Wildman–Crippen MR) is 111 cm³/mol. The van der Waals surface area contributed by atoms with E-state index in [-0.39, 0.29) is 22.7 Å². The number of para-hydroxylation sites is 2. The van der Waals surface area contributed by atoms with E-state index in [9.17, 15) is 22.4 Å². The highest BCUT2D eigenvalue weighted by Crippen LogP contribution is 2.19. The van der Waals surface area contributed by atoms with Gasteiger partial charge >= 0.3 is 0 Å². The van der Waals surface area contributed by atoms with E-state index < -0.39 is 27.7 Å². The van der Waals surface area contributed by atoms with Crippen LogP contribution in [0.2, 0.25) is 0 Å². The summed E-state index contributed by atoms with van der Waals surface area (Å²) in [5.74, 6) is -1.78. The van der Waals surface area contributed by atoms with Crippen LogP contribution in [0.25, 0.3) is 0 Å². The second-order valence-electron chi connectivity index (χ2n) is 6.21. The lowest BCUT2D eigenvalue weighted by molar-refractivity contribution is -0.115. The largest absolute Gasteiger partial charge is 0.343 e. The van der Waals surface area contributed by atoms with E-state index in [0.29, 0.717) is 5.69 Å². The first kappa shape index (κ1) is 21.0. The average molecular weight is 427 g/mol. The number of hydrogen-bond donors (Lipinski definition) is 3. The number of anilines is 2. The lowest BCUT2D eigenvalue weighted by Crippen LogP contribution is -2.33. The molecule has 154 valence electrons. The summed E-state index contributed by atoms with van der Waals surface area (Å²) in [6, 6.07) is 19.3. The maximum Gasteiger partial charge on any atom is 0.262 e. The van der Waals surface area contributed by atoms with Gasteiger partial charge in [-0.2, -0.15) is 0 Å². The number of carbonyl (C=O) groups is 2. The Bertz CT molecular complexity index is 1170. The molecule has 0 fully saturated rings. The Hall–Kier alpha value is -3.72. The van der Waals surface area contributed by atoms with Crippen molar-refractivity contribution in [1.82, 2.24) is 5.32 Å². The zero-order valence-electron chi connectivity index (χ0n) is 15.6. The number of amides is 2. The van der Waals surface area contributed by atoms with E-state index in [0.717, 1.165) is 12.1 Å². The first-order valence-electron chi connectivity index (χ1n) is 8.86. The first-order chi connectivity index (χ1) is 14.3. The highest BCUT2D eigenvalue weighted by molar-refractivity contribution is 7.92. The van der Waals surface area contributed by atoms with Gasteiger partial charge in [0.15, 0.2) is 0 Å². The van der Waals surface area contributed by atoms with E-state index in [4.69, 9.17) is 0 Å². The van der Waals surface area contributed by atoms with Gasteiger partial charge in [-0.15, -0.1) is 0 Å². The summed E-state index contributed by atoms with van der Waals surface area (Å²) in [5.41, 5.74) is 0.424. The second-order valence-corrected chi connectivity index (χ2v) is 7.89. The van der Waals surface area contributed by atoms with Gasteiger partial charge in [-0.05, 0) is 42.5 Å². The molecule has 0 unspecified atom stereocenters. The number of benzene rings is 3. The summed E-state index contributed by atoms with van der Waals surface area (Å²) in [7, 11) is -4.11. The van der Waals surface area contributed by atoms with Crippen molar-refractivity contribution in [2.75, 3.05) is 16.6 Å². The van der Waals surface area contributed by atoms with Crippen LogP contribution in [0.3, 0.4) is 0 Å². The van der Waals surface area contributed by atoms with Gasteiger partial charge in [-0.1, -0.05) is 36.4 Å². The van der Waals surface area contributed by atoms with Crippen molar-refractivity contribution in [3.05, 3.63) is 90.2 Å². The van der Waals surface area contributed by atoms with Crippen LogP contribution in [-0.4, -0.2) is 26.8 Å². The van der Waals surface area contributed by atoms with Crippen LogP contribution in [-0.2, 0) is 14.8 Å². The smallest absolute Gasteiger partial charge is 0.262 e. The molecular formula is C21H18FN3O4S. The summed E-state index contributed by atoms with van der Waals surface area (Å²) in [6.07, 6.45) is 0. The van der Waals surface area contributed by atoms with Gasteiger partial charge in [-0.3, -0.25) is 14.3 Å². The molecule has 3 aromatic rings. The molecule has 0 saturated heterocycles. The molecule has 30 heavy (non-hydrogen) atoms. The van der Waals surface area contributed by atoms with Gasteiger partial charge in [0.05, 0.1) is 17.1 Å². The fraction of sp³-hybridized carbons (Fsp3) is 0.0476. The van der Waals surface area contributed by atoms with Crippen LogP contribution < -0.4 is 15.4 Å². The molecule has 0 aliphatic carbocycles. The van der Waals surface area contributed by atoms with Crippen molar-refractivity contribution in [1.29, 1.82) is 0 Å². The minimum atomic E-state index is -4.11. The third-order valence-corrected chi connectivity index (χ3v) is 5.35. The van der Waals surface area contributed by atoms with Crippen molar-refractivity contribution in [3.63, 3.8) is 0 Å². The van der Waals surface area contributed by atoms with Gasteiger partial charge in [0, 0.05) is 11.3 Å². The summed E-state index contributed by atoms with van der Waals surface area (Å²) in [5, 5.41) is 5.05. The summed E-state index contributed by atoms with van der Waals surface area (Å²) in [6.45, 7) is -0.293. The van der Waals surface area contributed by atoms with Crippen LogP contribution in [0.1, 0.15) is 10.4 Å². The third-order valence-electron chi connectivity index (χ3n) is 3.99. The molecule has 3 rings (SSSR count). The van der Waals surface area contributed by atoms with Crippen molar-refractivity contribution in [2.45, 2.75) is 4.90 Å². The van der Waals surface area contributed by atoms with E-state index in [2.05, 4.69) is 15.4 Å². The summed E-state index contributed by atoms with van der Waals surface area (Å²) < 4.78 is 40.9. The minimum Gasteiger partial charge on any atom is -0.343 e. The van der Waals surface area contributed by atoms with E-state index >= 15 is 0 Å². The molecule has 7 nitrogen and oxygen atoms in total. The molecule has 0 radical (unpaired) electrons. The number of halogens is 1. The van der Waals surface area contributed by atoms with Crippen molar-refractivity contribution in [2.24, 2.45) is 0 Å². The molecule has 0 bridgehead atoms. The SMILES string of the molecule is O=C(CNC(=O)c1cccc(S(=O)(=O)Nc2ccccc2F)c1)Nc1ccccc1. The Balaban J connectivity index is 1.66. The molecule has 0 heterocycles. The maximum atomic E-state index is 13.7. The van der Waals surface area contributed by atoms with Crippen molar-refractivity contribution in [3.8, 4) is 0 Å². The zero-order chi connectivity index (χ0) is 21.6. The van der Waals surface area contributed by atoms with Gasteiger partial charge in [-0.25, -0.2) is 12.8 Å². The maximum absolute atomic E-state index is 13.7. The van der Waals surface area contributed by atoms with Gasteiger partial charge < -0.3 is 10.6 Å². The normalized spacial score (nSPS) is 10.8. The van der Waals surface area contributed by atoms with E-state index in [1.165, 1.54) is 36.4 Å². The van der Waals surface area contributed by atoms with Gasteiger partial charge in [0.25, 0.3) is 15.9 Å². The Morgan fingerprint density at radius 3 is 2.30 bits per heavy atom. The standard InChI is InChI=1S/C21H18FN3O4S/c22-18-11-4-5-12-19(18)25-30(28,29)17-10-6-7-15(13-17)21(27)23-14-20(26)24-16-8-2-1-3-9-16/h1-13,25H,14H2,(H,23,27)(H,24,26). The Labute approximate surface area is 173 Å². The van der Waals surface area contributed by atoms with Crippen molar-refractivity contribution < 1.29 is 22.4 Å². The topological polar surface area (TPSA) is 104 Å². The molecular weight excluding hydrogens is 409 g/mol. The molecule has 0 aliphatic rings. The van der Waals surface area contributed by atoms with E-state index in [1.807, 2.05) is 0 Å². The molecule has 0 atom stereocenters. The highest BCUT2D eigenvalue weighted by atomic mass is 32.2. The molecule has 0 spiro atoms. The second kappa shape index (κ2) is 9.19. The van der Waals surface area contributed by atoms with Crippen molar-refractivity contribution >= 4 is 33.2 Å². The highest BCUT2D eigenvalue weighted by Gasteiger charge is 2.18.